The zero-order valence-electron chi connectivity index (χ0n) is 9.76. The maximum Gasteiger partial charge on any atom is 0.261 e. The molecule has 19 heavy (non-hydrogen) atoms. The van der Waals surface area contributed by atoms with Gasteiger partial charge in [0.15, 0.2) is 11.6 Å². The molecular weight excluding hydrogens is 268 g/mol. The minimum Gasteiger partial charge on any atom is -0.398 e. The van der Waals surface area contributed by atoms with E-state index in [1.165, 1.54) is 0 Å². The Morgan fingerprint density at radius 1 is 1.32 bits per heavy atom. The van der Waals surface area contributed by atoms with E-state index in [1.807, 2.05) is 0 Å². The van der Waals surface area contributed by atoms with E-state index >= 15 is 0 Å². The molecule has 106 valence electrons. The third-order valence-electron chi connectivity index (χ3n) is 2.11. The summed E-state index contributed by atoms with van der Waals surface area (Å²) in [7, 11) is 0. The number of alkyl halides is 2. The average Bonchev–Trinajstić information content (AvgIpc) is 2.32. The van der Waals surface area contributed by atoms with Crippen LogP contribution in [0.4, 0.5) is 23.2 Å². The van der Waals surface area contributed by atoms with Gasteiger partial charge in [0.25, 0.3) is 12.3 Å². The highest BCUT2D eigenvalue weighted by molar-refractivity contribution is 5.99. The van der Waals surface area contributed by atoms with E-state index in [4.69, 9.17) is 5.73 Å². The second-order valence-corrected chi connectivity index (χ2v) is 3.58. The lowest BCUT2D eigenvalue weighted by Crippen LogP contribution is -2.28. The molecule has 8 heteroatoms. The van der Waals surface area contributed by atoms with Crippen LogP contribution in [-0.4, -0.2) is 32.1 Å². The normalized spacial score (nSPS) is 10.8. The molecule has 4 nitrogen and oxygen atoms in total. The highest BCUT2D eigenvalue weighted by atomic mass is 19.3. The van der Waals surface area contributed by atoms with Crippen LogP contribution in [0.2, 0.25) is 0 Å². The molecule has 0 aliphatic rings. The topological polar surface area (TPSA) is 64.4 Å². The van der Waals surface area contributed by atoms with Crippen molar-refractivity contribution in [3.63, 3.8) is 0 Å². The number of nitrogen functional groups attached to an aromatic ring is 1. The van der Waals surface area contributed by atoms with Crippen LogP contribution in [0.15, 0.2) is 12.1 Å². The molecule has 0 aromatic heterocycles. The van der Waals surface area contributed by atoms with Gasteiger partial charge in [0.05, 0.1) is 12.2 Å². The molecule has 3 N–H and O–H groups in total. The van der Waals surface area contributed by atoms with Gasteiger partial charge in [-0.2, -0.15) is 0 Å². The largest absolute Gasteiger partial charge is 0.398 e. The highest BCUT2D eigenvalue weighted by Crippen LogP contribution is 2.16. The first-order chi connectivity index (χ1) is 8.91. The van der Waals surface area contributed by atoms with Crippen molar-refractivity contribution in [2.24, 2.45) is 0 Å². The minimum absolute atomic E-state index is 0.0516. The maximum atomic E-state index is 12.9. The van der Waals surface area contributed by atoms with Crippen molar-refractivity contribution in [1.82, 2.24) is 5.32 Å². The molecule has 0 fully saturated rings. The standard InChI is InChI=1S/C11H12F4N2O2/c12-7-3-6(9(16)4-8(7)13)11(18)17-1-2-19-5-10(14)15/h3-4,10H,1-2,5,16H2,(H,17,18). The molecule has 0 spiro atoms. The quantitative estimate of drug-likeness (QED) is 0.472. The summed E-state index contributed by atoms with van der Waals surface area (Å²) in [5, 5.41) is 2.28. The predicted molar refractivity (Wildman–Crippen MR) is 59.9 cm³/mol. The van der Waals surface area contributed by atoms with Crippen molar-refractivity contribution < 1.29 is 27.1 Å². The number of amides is 1. The molecular formula is C11H12F4N2O2. The summed E-state index contributed by atoms with van der Waals surface area (Å²) in [6, 6.07) is 1.36. The molecule has 0 saturated heterocycles. The number of anilines is 1. The Bertz CT molecular complexity index is 455. The number of benzene rings is 1. The Morgan fingerprint density at radius 3 is 2.58 bits per heavy atom. The summed E-state index contributed by atoms with van der Waals surface area (Å²) in [4.78, 5) is 11.5. The Labute approximate surface area is 106 Å². The van der Waals surface area contributed by atoms with Crippen LogP contribution in [0.25, 0.3) is 0 Å². The SMILES string of the molecule is Nc1cc(F)c(F)cc1C(=O)NCCOCC(F)F. The molecule has 0 aliphatic heterocycles. The van der Waals surface area contributed by atoms with Gasteiger partial charge in [0.2, 0.25) is 0 Å². The van der Waals surface area contributed by atoms with E-state index < -0.39 is 30.6 Å². The van der Waals surface area contributed by atoms with Gasteiger partial charge in [-0.05, 0) is 6.07 Å². The number of nitrogens with two attached hydrogens (primary N) is 1. The summed E-state index contributed by atoms with van der Waals surface area (Å²) in [6.45, 7) is -0.910. The molecule has 0 atom stereocenters. The fourth-order valence-corrected chi connectivity index (χ4v) is 1.26. The molecule has 1 aromatic rings. The second-order valence-electron chi connectivity index (χ2n) is 3.58. The van der Waals surface area contributed by atoms with E-state index in [-0.39, 0.29) is 24.4 Å². The van der Waals surface area contributed by atoms with Crippen LogP contribution >= 0.6 is 0 Å². The van der Waals surface area contributed by atoms with Gasteiger partial charge in [-0.15, -0.1) is 0 Å². The number of ether oxygens (including phenoxy) is 1. The van der Waals surface area contributed by atoms with Crippen LogP contribution in [0.1, 0.15) is 10.4 Å². The molecule has 1 aromatic carbocycles. The van der Waals surface area contributed by atoms with Crippen molar-refractivity contribution in [1.29, 1.82) is 0 Å². The van der Waals surface area contributed by atoms with Crippen molar-refractivity contribution >= 4 is 11.6 Å². The molecule has 0 radical (unpaired) electrons. The number of halogens is 4. The molecule has 0 bridgehead atoms. The summed E-state index contributed by atoms with van der Waals surface area (Å²) in [5.74, 6) is -3.10. The first-order valence-electron chi connectivity index (χ1n) is 5.30. The zero-order valence-corrected chi connectivity index (χ0v) is 9.76. The maximum absolute atomic E-state index is 12.9. The zero-order chi connectivity index (χ0) is 14.4. The summed E-state index contributed by atoms with van der Waals surface area (Å²) in [5.41, 5.74) is 4.92. The summed E-state index contributed by atoms with van der Waals surface area (Å²) in [6.07, 6.45) is -2.59. The predicted octanol–water partition coefficient (Wildman–Crippen LogP) is 1.56. The lowest BCUT2D eigenvalue weighted by Gasteiger charge is -2.08. The Kier molecular flexibility index (Phi) is 5.56. The van der Waals surface area contributed by atoms with Crippen molar-refractivity contribution in [2.75, 3.05) is 25.5 Å². The van der Waals surface area contributed by atoms with E-state index in [0.29, 0.717) is 12.1 Å². The molecule has 0 aliphatic carbocycles. The van der Waals surface area contributed by atoms with Crippen LogP contribution in [0.3, 0.4) is 0 Å². The summed E-state index contributed by atoms with van der Waals surface area (Å²) < 4.78 is 53.7. The van der Waals surface area contributed by atoms with Gasteiger partial charge >= 0.3 is 0 Å². The Balaban J connectivity index is 2.48. The Morgan fingerprint density at radius 2 is 1.95 bits per heavy atom. The van der Waals surface area contributed by atoms with Crippen molar-refractivity contribution in [3.8, 4) is 0 Å². The van der Waals surface area contributed by atoms with Crippen LogP contribution in [0, 0.1) is 11.6 Å². The van der Waals surface area contributed by atoms with Gasteiger partial charge in [0, 0.05) is 18.3 Å². The summed E-state index contributed by atoms with van der Waals surface area (Å²) >= 11 is 0. The molecule has 0 unspecified atom stereocenters. The number of hydrogen-bond acceptors (Lipinski definition) is 3. The molecule has 1 rings (SSSR count). The smallest absolute Gasteiger partial charge is 0.261 e. The second kappa shape index (κ2) is 6.93. The fourth-order valence-electron chi connectivity index (χ4n) is 1.26. The van der Waals surface area contributed by atoms with Crippen LogP contribution < -0.4 is 11.1 Å². The third-order valence-corrected chi connectivity index (χ3v) is 2.11. The average molecular weight is 280 g/mol. The van der Waals surface area contributed by atoms with Gasteiger partial charge in [-0.1, -0.05) is 0 Å². The minimum atomic E-state index is -2.59. The number of hydrogen-bond donors (Lipinski definition) is 2. The monoisotopic (exact) mass is 280 g/mol. The van der Waals surface area contributed by atoms with Gasteiger partial charge in [0.1, 0.15) is 6.61 Å². The molecule has 1 amide bonds. The molecule has 0 heterocycles. The van der Waals surface area contributed by atoms with Gasteiger partial charge in [-0.3, -0.25) is 4.79 Å². The van der Waals surface area contributed by atoms with Crippen LogP contribution in [0.5, 0.6) is 0 Å². The first-order valence-corrected chi connectivity index (χ1v) is 5.30. The van der Waals surface area contributed by atoms with Gasteiger partial charge in [-0.25, -0.2) is 17.6 Å². The first kappa shape index (κ1) is 15.2. The lowest BCUT2D eigenvalue weighted by atomic mass is 10.1. The van der Waals surface area contributed by atoms with Crippen molar-refractivity contribution in [2.45, 2.75) is 6.43 Å². The van der Waals surface area contributed by atoms with Crippen LogP contribution in [-0.2, 0) is 4.74 Å². The number of nitrogens with one attached hydrogen (secondary N) is 1. The fraction of sp³-hybridized carbons (Fsp3) is 0.364. The number of carbonyl (C=O) groups is 1. The van der Waals surface area contributed by atoms with E-state index in [0.717, 1.165) is 0 Å². The van der Waals surface area contributed by atoms with Crippen molar-refractivity contribution in [3.05, 3.63) is 29.3 Å². The Hall–Kier alpha value is -1.83. The number of rotatable bonds is 6. The lowest BCUT2D eigenvalue weighted by molar-refractivity contribution is 0.0188. The number of carbonyl (C=O) groups excluding carboxylic acids is 1. The third kappa shape index (κ3) is 4.74. The van der Waals surface area contributed by atoms with E-state index in [9.17, 15) is 22.4 Å². The molecule has 0 saturated carbocycles. The van der Waals surface area contributed by atoms with Gasteiger partial charge < -0.3 is 15.8 Å². The van der Waals surface area contributed by atoms with E-state index in [1.54, 1.807) is 0 Å². The highest BCUT2D eigenvalue weighted by Gasteiger charge is 2.13. The van der Waals surface area contributed by atoms with E-state index in [2.05, 4.69) is 10.1 Å².